The molecule has 0 fully saturated rings. The maximum Gasteiger partial charge on any atom is 0.320 e. The number of nitrogens with zero attached hydrogens (tertiary/aromatic N) is 2. The van der Waals surface area contributed by atoms with E-state index in [1.165, 1.54) is 0 Å². The number of rotatable bonds is 6. The van der Waals surface area contributed by atoms with Gasteiger partial charge in [0.2, 0.25) is 11.8 Å². The van der Waals surface area contributed by atoms with Gasteiger partial charge in [-0.25, -0.2) is 4.79 Å². The van der Waals surface area contributed by atoms with Crippen molar-refractivity contribution in [3.8, 4) is 17.2 Å². The number of methoxy groups -OCH3 is 1. The van der Waals surface area contributed by atoms with Gasteiger partial charge in [0.15, 0.2) is 0 Å². The van der Waals surface area contributed by atoms with Crippen molar-refractivity contribution in [3.63, 3.8) is 0 Å². The van der Waals surface area contributed by atoms with Crippen LogP contribution in [-0.4, -0.2) is 23.3 Å². The topological polar surface area (TPSA) is 89.3 Å². The molecule has 0 saturated heterocycles. The van der Waals surface area contributed by atoms with Crippen molar-refractivity contribution < 1.29 is 13.9 Å². The predicted molar refractivity (Wildman–Crippen MR) is 118 cm³/mol. The molecule has 0 bridgehead atoms. The van der Waals surface area contributed by atoms with Gasteiger partial charge in [0.1, 0.15) is 11.8 Å². The number of hydrogen-bond donors (Lipinski definition) is 2. The summed E-state index contributed by atoms with van der Waals surface area (Å²) in [4.78, 5) is 12.7. The standard InChI is InChI=1S/C23H19ClN4O3/c1-30-19-13-11-18(12-14-19)25-23(29)26-20(15-7-9-17(24)10-8-15)22-28-27-21(31-22)16-5-3-2-4-6-16/h2-14,20H,1H3,(H2,25,26,29)/t20-/m0/s1. The summed E-state index contributed by atoms with van der Waals surface area (Å²) >= 11 is 6.02. The predicted octanol–water partition coefficient (Wildman–Crippen LogP) is 5.31. The molecule has 8 heteroatoms. The van der Waals surface area contributed by atoms with Crippen LogP contribution in [0.1, 0.15) is 17.5 Å². The first-order chi connectivity index (χ1) is 15.1. The minimum Gasteiger partial charge on any atom is -0.497 e. The van der Waals surface area contributed by atoms with Gasteiger partial charge in [0, 0.05) is 16.3 Å². The van der Waals surface area contributed by atoms with Crippen molar-refractivity contribution in [2.45, 2.75) is 6.04 Å². The molecule has 0 radical (unpaired) electrons. The van der Waals surface area contributed by atoms with Gasteiger partial charge in [-0.15, -0.1) is 10.2 Å². The number of nitrogens with one attached hydrogen (secondary N) is 2. The Morgan fingerprint density at radius 3 is 2.35 bits per heavy atom. The Labute approximate surface area is 184 Å². The zero-order valence-electron chi connectivity index (χ0n) is 16.6. The molecule has 0 aliphatic rings. The SMILES string of the molecule is COc1ccc(NC(=O)N[C@@H](c2ccc(Cl)cc2)c2nnc(-c3ccccc3)o2)cc1. The highest BCUT2D eigenvalue weighted by molar-refractivity contribution is 6.30. The molecule has 3 aromatic carbocycles. The van der Waals surface area contributed by atoms with Crippen LogP contribution < -0.4 is 15.4 Å². The fourth-order valence-electron chi connectivity index (χ4n) is 2.96. The summed E-state index contributed by atoms with van der Waals surface area (Å²) in [5.74, 6) is 1.32. The van der Waals surface area contributed by atoms with Crippen LogP contribution in [0.25, 0.3) is 11.5 Å². The molecule has 0 aliphatic heterocycles. The second kappa shape index (κ2) is 9.32. The van der Waals surface area contributed by atoms with Crippen molar-refractivity contribution in [1.82, 2.24) is 15.5 Å². The molecule has 0 saturated carbocycles. The lowest BCUT2D eigenvalue weighted by Crippen LogP contribution is -2.33. The molecule has 2 amide bonds. The van der Waals surface area contributed by atoms with Crippen LogP contribution in [-0.2, 0) is 0 Å². The molecule has 1 atom stereocenters. The molecule has 0 spiro atoms. The third kappa shape index (κ3) is 5.02. The number of anilines is 1. The highest BCUT2D eigenvalue weighted by Crippen LogP contribution is 2.26. The van der Waals surface area contributed by atoms with Crippen LogP contribution in [0.4, 0.5) is 10.5 Å². The van der Waals surface area contributed by atoms with E-state index in [2.05, 4.69) is 20.8 Å². The van der Waals surface area contributed by atoms with Crippen LogP contribution in [0, 0.1) is 0 Å². The van der Waals surface area contributed by atoms with E-state index in [-0.39, 0.29) is 5.89 Å². The third-order valence-electron chi connectivity index (χ3n) is 4.53. The Balaban J connectivity index is 1.58. The normalized spacial score (nSPS) is 11.5. The zero-order chi connectivity index (χ0) is 21.6. The Hall–Kier alpha value is -3.84. The van der Waals surface area contributed by atoms with Gasteiger partial charge in [-0.2, -0.15) is 0 Å². The van der Waals surface area contributed by atoms with Gasteiger partial charge in [0.25, 0.3) is 0 Å². The smallest absolute Gasteiger partial charge is 0.320 e. The maximum atomic E-state index is 12.7. The average Bonchev–Trinajstić information content (AvgIpc) is 3.29. The number of hydrogen-bond acceptors (Lipinski definition) is 5. The number of ether oxygens (including phenoxy) is 1. The summed E-state index contributed by atoms with van der Waals surface area (Å²) in [7, 11) is 1.58. The monoisotopic (exact) mass is 434 g/mol. The van der Waals surface area contributed by atoms with Gasteiger partial charge < -0.3 is 19.8 Å². The molecule has 7 nitrogen and oxygen atoms in total. The van der Waals surface area contributed by atoms with E-state index in [1.807, 2.05) is 30.3 Å². The first-order valence-electron chi connectivity index (χ1n) is 9.48. The van der Waals surface area contributed by atoms with Crippen LogP contribution in [0.15, 0.2) is 83.3 Å². The molecule has 0 aliphatic carbocycles. The molecular weight excluding hydrogens is 416 g/mol. The molecule has 31 heavy (non-hydrogen) atoms. The number of carbonyl (C=O) groups is 1. The van der Waals surface area contributed by atoms with Crippen molar-refractivity contribution in [2.24, 2.45) is 0 Å². The van der Waals surface area contributed by atoms with E-state index in [0.29, 0.717) is 22.4 Å². The average molecular weight is 435 g/mol. The highest BCUT2D eigenvalue weighted by atomic mass is 35.5. The van der Waals surface area contributed by atoms with Crippen LogP contribution in [0.5, 0.6) is 5.75 Å². The van der Waals surface area contributed by atoms with Crippen LogP contribution in [0.3, 0.4) is 0 Å². The number of halogens is 1. The fraction of sp³-hybridized carbons (Fsp3) is 0.0870. The maximum absolute atomic E-state index is 12.7. The summed E-state index contributed by atoms with van der Waals surface area (Å²) in [6.45, 7) is 0. The lowest BCUT2D eigenvalue weighted by molar-refractivity contribution is 0.248. The Kier molecular flexibility index (Phi) is 6.14. The number of urea groups is 1. The largest absolute Gasteiger partial charge is 0.497 e. The number of benzene rings is 3. The van der Waals surface area contributed by atoms with Gasteiger partial charge in [0.05, 0.1) is 7.11 Å². The molecule has 4 aromatic rings. The summed E-state index contributed by atoms with van der Waals surface area (Å²) in [6, 6.07) is 22.4. The van der Waals surface area contributed by atoms with Crippen molar-refractivity contribution in [2.75, 3.05) is 12.4 Å². The van der Waals surface area contributed by atoms with E-state index in [1.54, 1.807) is 55.6 Å². The van der Waals surface area contributed by atoms with Gasteiger partial charge in [-0.1, -0.05) is 41.9 Å². The second-order valence-corrected chi connectivity index (χ2v) is 7.06. The number of aromatic nitrogens is 2. The quantitative estimate of drug-likeness (QED) is 0.429. The molecule has 1 aromatic heterocycles. The summed E-state index contributed by atoms with van der Waals surface area (Å²) in [6.07, 6.45) is 0. The van der Waals surface area contributed by atoms with E-state index in [0.717, 1.165) is 11.1 Å². The molecule has 156 valence electrons. The van der Waals surface area contributed by atoms with E-state index < -0.39 is 12.1 Å². The number of amides is 2. The highest BCUT2D eigenvalue weighted by Gasteiger charge is 2.23. The first kappa shape index (κ1) is 20.4. The minimum absolute atomic E-state index is 0.256. The fourth-order valence-corrected chi connectivity index (χ4v) is 3.09. The summed E-state index contributed by atoms with van der Waals surface area (Å²) in [5.41, 5.74) is 2.15. The zero-order valence-corrected chi connectivity index (χ0v) is 17.3. The Morgan fingerprint density at radius 1 is 0.968 bits per heavy atom. The lowest BCUT2D eigenvalue weighted by Gasteiger charge is -2.16. The molecule has 1 heterocycles. The van der Waals surface area contributed by atoms with E-state index in [4.69, 9.17) is 20.8 Å². The number of carbonyl (C=O) groups excluding carboxylic acids is 1. The first-order valence-corrected chi connectivity index (χ1v) is 9.86. The molecule has 0 unspecified atom stereocenters. The van der Waals surface area contributed by atoms with Crippen molar-refractivity contribution in [1.29, 1.82) is 0 Å². The molecule has 4 rings (SSSR count). The van der Waals surface area contributed by atoms with Gasteiger partial charge >= 0.3 is 6.03 Å². The lowest BCUT2D eigenvalue weighted by atomic mass is 10.1. The summed E-state index contributed by atoms with van der Waals surface area (Å²) in [5, 5.41) is 14.6. The molecule has 2 N–H and O–H groups in total. The molecular formula is C23H19ClN4O3. The van der Waals surface area contributed by atoms with Crippen molar-refractivity contribution >= 4 is 23.3 Å². The van der Waals surface area contributed by atoms with E-state index in [9.17, 15) is 4.79 Å². The Morgan fingerprint density at radius 2 is 1.68 bits per heavy atom. The van der Waals surface area contributed by atoms with Crippen molar-refractivity contribution in [3.05, 3.63) is 95.3 Å². The van der Waals surface area contributed by atoms with Crippen LogP contribution >= 0.6 is 11.6 Å². The van der Waals surface area contributed by atoms with Gasteiger partial charge in [-0.05, 0) is 54.1 Å². The summed E-state index contributed by atoms with van der Waals surface area (Å²) < 4.78 is 11.0. The minimum atomic E-state index is -0.666. The third-order valence-corrected chi connectivity index (χ3v) is 4.79. The van der Waals surface area contributed by atoms with Crippen LogP contribution in [0.2, 0.25) is 5.02 Å². The van der Waals surface area contributed by atoms with Gasteiger partial charge in [-0.3, -0.25) is 0 Å². The van der Waals surface area contributed by atoms with E-state index >= 15 is 0 Å². The second-order valence-electron chi connectivity index (χ2n) is 6.62. The Bertz CT molecular complexity index is 1150.